The van der Waals surface area contributed by atoms with E-state index in [1.54, 1.807) is 0 Å². The molecule has 2 aliphatic heterocycles. The lowest BCUT2D eigenvalue weighted by molar-refractivity contribution is -0.0261. The molecular weight excluding hydrogens is 551 g/mol. The van der Waals surface area contributed by atoms with E-state index in [2.05, 4.69) is 11.0 Å². The van der Waals surface area contributed by atoms with E-state index in [0.29, 0.717) is 16.6 Å². The third kappa shape index (κ3) is 7.35. The molecule has 0 saturated carbocycles. The molecule has 6 heteroatoms. The van der Waals surface area contributed by atoms with Crippen molar-refractivity contribution in [3.8, 4) is 0 Å². The number of carbonyl (C=O) groups excluding carboxylic acids is 1. The summed E-state index contributed by atoms with van der Waals surface area (Å²) in [5.74, 6) is 0.107. The average molecular weight is 594 g/mol. The van der Waals surface area contributed by atoms with Crippen LogP contribution in [0, 0.1) is 0 Å². The first-order chi connectivity index (χ1) is 19.9. The molecule has 5 rings (SSSR count). The molecule has 1 unspecified atom stereocenters. The second-order valence-electron chi connectivity index (χ2n) is 12.0. The van der Waals surface area contributed by atoms with Gasteiger partial charge in [-0.25, -0.2) is 0 Å². The first-order valence-electron chi connectivity index (χ1n) is 15.2. The zero-order valence-electron chi connectivity index (χ0n) is 23.9. The van der Waals surface area contributed by atoms with Crippen LogP contribution in [-0.2, 0) is 11.0 Å². The van der Waals surface area contributed by atoms with E-state index in [4.69, 9.17) is 23.2 Å². The highest BCUT2D eigenvalue weighted by atomic mass is 35.5. The fourth-order valence-corrected chi connectivity index (χ4v) is 7.11. The smallest absolute Gasteiger partial charge is 0.253 e. The van der Waals surface area contributed by atoms with Gasteiger partial charge in [0.2, 0.25) is 0 Å². The monoisotopic (exact) mass is 592 g/mol. The van der Waals surface area contributed by atoms with Crippen molar-refractivity contribution in [3.05, 3.63) is 106 Å². The number of aliphatic hydroxyl groups is 1. The average Bonchev–Trinajstić information content (AvgIpc) is 3.02. The van der Waals surface area contributed by atoms with Gasteiger partial charge in [0.25, 0.3) is 5.91 Å². The molecular formula is C35H42Cl2N2O2. The number of likely N-dealkylation sites (tertiary alicyclic amines) is 2. The molecule has 41 heavy (non-hydrogen) atoms. The predicted octanol–water partition coefficient (Wildman–Crippen LogP) is 8.10. The van der Waals surface area contributed by atoms with Crippen molar-refractivity contribution in [1.29, 1.82) is 0 Å². The SMILES string of the molecule is O=C(c1ccccc1)N1CCCC(CCCCCCN2CCC(O)(c3ccccc3)CC2)(c2ccc(Cl)c(Cl)c2)C1. The molecule has 0 bridgehead atoms. The Balaban J connectivity index is 1.14. The molecule has 0 aromatic heterocycles. The molecule has 3 aromatic rings. The van der Waals surface area contributed by atoms with Crippen molar-refractivity contribution in [3.63, 3.8) is 0 Å². The van der Waals surface area contributed by atoms with Crippen LogP contribution in [0.15, 0.2) is 78.9 Å². The lowest BCUT2D eigenvalue weighted by Crippen LogP contribution is -2.48. The van der Waals surface area contributed by atoms with Crippen molar-refractivity contribution in [2.75, 3.05) is 32.7 Å². The van der Waals surface area contributed by atoms with Crippen LogP contribution in [0.2, 0.25) is 10.0 Å². The van der Waals surface area contributed by atoms with E-state index in [-0.39, 0.29) is 11.3 Å². The molecule has 1 N–H and O–H groups in total. The maximum Gasteiger partial charge on any atom is 0.253 e. The summed E-state index contributed by atoms with van der Waals surface area (Å²) in [4.78, 5) is 17.9. The Morgan fingerprint density at radius 1 is 0.756 bits per heavy atom. The minimum Gasteiger partial charge on any atom is -0.385 e. The molecule has 4 nitrogen and oxygen atoms in total. The van der Waals surface area contributed by atoms with Crippen LogP contribution >= 0.6 is 23.2 Å². The number of unbranched alkanes of at least 4 members (excludes halogenated alkanes) is 3. The summed E-state index contributed by atoms with van der Waals surface area (Å²) in [5, 5.41) is 12.3. The van der Waals surface area contributed by atoms with Crippen LogP contribution in [0.25, 0.3) is 0 Å². The van der Waals surface area contributed by atoms with E-state index in [1.807, 2.05) is 77.7 Å². The Hall–Kier alpha value is -2.37. The van der Waals surface area contributed by atoms with Crippen molar-refractivity contribution >= 4 is 29.1 Å². The minimum atomic E-state index is -0.688. The van der Waals surface area contributed by atoms with Crippen LogP contribution in [0.3, 0.4) is 0 Å². The Bertz CT molecular complexity index is 1280. The van der Waals surface area contributed by atoms with Gasteiger partial charge in [0.1, 0.15) is 0 Å². The second-order valence-corrected chi connectivity index (χ2v) is 12.8. The maximum absolute atomic E-state index is 13.4. The number of rotatable bonds is 10. The largest absolute Gasteiger partial charge is 0.385 e. The summed E-state index contributed by atoms with van der Waals surface area (Å²) in [6.07, 6.45) is 9.26. The summed E-state index contributed by atoms with van der Waals surface area (Å²) < 4.78 is 0. The highest BCUT2D eigenvalue weighted by Gasteiger charge is 2.39. The summed E-state index contributed by atoms with van der Waals surface area (Å²) >= 11 is 12.8. The third-order valence-corrected chi connectivity index (χ3v) is 10.0. The van der Waals surface area contributed by atoms with Crippen LogP contribution in [0.1, 0.15) is 79.3 Å². The standard InChI is InChI=1S/C35H42Cl2N2O2/c36-31-17-16-30(26-32(31)37)34(19-11-23-39(27-34)33(40)28-12-5-3-6-13-28)18-9-1-2-10-22-38-24-20-35(41,21-25-38)29-14-7-4-8-15-29/h3-8,12-17,26,41H,1-2,9-11,18-25,27H2. The molecule has 0 radical (unpaired) electrons. The van der Waals surface area contributed by atoms with Gasteiger partial charge in [0, 0.05) is 37.2 Å². The highest BCUT2D eigenvalue weighted by Crippen LogP contribution is 2.41. The van der Waals surface area contributed by atoms with Gasteiger partial charge in [-0.1, -0.05) is 97.1 Å². The molecule has 1 atom stereocenters. The summed E-state index contributed by atoms with van der Waals surface area (Å²) in [6.45, 7) is 4.46. The van der Waals surface area contributed by atoms with Gasteiger partial charge in [0.15, 0.2) is 0 Å². The summed E-state index contributed by atoms with van der Waals surface area (Å²) in [5.41, 5.74) is 2.18. The van der Waals surface area contributed by atoms with Gasteiger partial charge >= 0.3 is 0 Å². The number of piperidine rings is 2. The molecule has 0 aliphatic carbocycles. The van der Waals surface area contributed by atoms with Gasteiger partial charge in [-0.15, -0.1) is 0 Å². The van der Waals surface area contributed by atoms with Crippen molar-refractivity contribution < 1.29 is 9.90 Å². The highest BCUT2D eigenvalue weighted by molar-refractivity contribution is 6.42. The van der Waals surface area contributed by atoms with Gasteiger partial charge in [-0.3, -0.25) is 4.79 Å². The molecule has 1 amide bonds. The number of halogens is 2. The van der Waals surface area contributed by atoms with Gasteiger partial charge in [0.05, 0.1) is 15.6 Å². The number of benzene rings is 3. The van der Waals surface area contributed by atoms with Crippen LogP contribution < -0.4 is 0 Å². The molecule has 3 aromatic carbocycles. The molecule has 2 heterocycles. The summed E-state index contributed by atoms with van der Waals surface area (Å²) in [7, 11) is 0. The first-order valence-corrected chi connectivity index (χ1v) is 15.9. The van der Waals surface area contributed by atoms with Crippen LogP contribution in [0.4, 0.5) is 0 Å². The fourth-order valence-electron chi connectivity index (χ4n) is 6.81. The number of carbonyl (C=O) groups is 1. The van der Waals surface area contributed by atoms with E-state index < -0.39 is 5.60 Å². The van der Waals surface area contributed by atoms with Gasteiger partial charge in [-0.05, 0) is 80.5 Å². The zero-order chi connectivity index (χ0) is 28.7. The van der Waals surface area contributed by atoms with E-state index in [9.17, 15) is 9.90 Å². The van der Waals surface area contributed by atoms with E-state index in [1.165, 1.54) is 18.4 Å². The van der Waals surface area contributed by atoms with Crippen molar-refractivity contribution in [1.82, 2.24) is 9.80 Å². The number of amides is 1. The topological polar surface area (TPSA) is 43.8 Å². The van der Waals surface area contributed by atoms with E-state index in [0.717, 1.165) is 82.3 Å². The van der Waals surface area contributed by atoms with Crippen LogP contribution in [-0.4, -0.2) is 53.5 Å². The minimum absolute atomic E-state index is 0.107. The van der Waals surface area contributed by atoms with Crippen molar-refractivity contribution in [2.24, 2.45) is 0 Å². The number of nitrogens with zero attached hydrogens (tertiary/aromatic N) is 2. The summed E-state index contributed by atoms with van der Waals surface area (Å²) in [6, 6.07) is 25.8. The van der Waals surface area contributed by atoms with Gasteiger partial charge < -0.3 is 14.9 Å². The molecule has 2 fully saturated rings. The maximum atomic E-state index is 13.4. The molecule has 218 valence electrons. The Kier molecular flexibility index (Phi) is 10.1. The normalized spacial score (nSPS) is 21.1. The Morgan fingerprint density at radius 2 is 1.44 bits per heavy atom. The Labute approximate surface area is 255 Å². The zero-order valence-corrected chi connectivity index (χ0v) is 25.4. The second kappa shape index (κ2) is 13.7. The lowest BCUT2D eigenvalue weighted by Gasteiger charge is -2.44. The van der Waals surface area contributed by atoms with Gasteiger partial charge in [-0.2, -0.15) is 0 Å². The first kappa shape index (κ1) is 30.1. The third-order valence-electron chi connectivity index (χ3n) is 9.29. The number of hydrogen-bond acceptors (Lipinski definition) is 3. The van der Waals surface area contributed by atoms with Crippen LogP contribution in [0.5, 0.6) is 0 Å². The van der Waals surface area contributed by atoms with Crippen molar-refractivity contribution in [2.45, 2.75) is 68.8 Å². The molecule has 2 aliphatic rings. The molecule has 2 saturated heterocycles. The number of hydrogen-bond donors (Lipinski definition) is 1. The quantitative estimate of drug-likeness (QED) is 0.242. The fraction of sp³-hybridized carbons (Fsp3) is 0.457. The van der Waals surface area contributed by atoms with E-state index >= 15 is 0 Å². The molecule has 0 spiro atoms. The lowest BCUT2D eigenvalue weighted by atomic mass is 9.70. The Morgan fingerprint density at radius 3 is 2.15 bits per heavy atom. The predicted molar refractivity (Wildman–Crippen MR) is 169 cm³/mol.